The van der Waals surface area contributed by atoms with E-state index >= 15 is 0 Å². The number of aromatic amines is 1. The summed E-state index contributed by atoms with van der Waals surface area (Å²) >= 11 is 5.80. The van der Waals surface area contributed by atoms with Crippen molar-refractivity contribution in [2.24, 2.45) is 0 Å². The van der Waals surface area contributed by atoms with Crippen molar-refractivity contribution in [2.45, 2.75) is 11.4 Å². The minimum atomic E-state index is -3.99. The van der Waals surface area contributed by atoms with E-state index in [1.807, 2.05) is 6.07 Å². The first-order valence-corrected chi connectivity index (χ1v) is 11.5. The average molecular weight is 492 g/mol. The fraction of sp³-hybridized carbons (Fsp3) is 0.190. The van der Waals surface area contributed by atoms with E-state index in [-0.39, 0.29) is 22.9 Å². The van der Waals surface area contributed by atoms with Gasteiger partial charge in [-0.25, -0.2) is 13.2 Å². The minimum absolute atomic E-state index is 0.0429. The number of nitrogens with zero attached hydrogens (tertiary/aromatic N) is 3. The van der Waals surface area contributed by atoms with Crippen LogP contribution in [-0.4, -0.2) is 48.8 Å². The summed E-state index contributed by atoms with van der Waals surface area (Å²) in [4.78, 5) is 40.7. The predicted octanol–water partition coefficient (Wildman–Crippen LogP) is 1.10. The molecule has 0 atom stereocenters. The Balaban J connectivity index is 1.88. The van der Waals surface area contributed by atoms with Gasteiger partial charge in [-0.3, -0.25) is 19.1 Å². The maximum absolute atomic E-state index is 12.8. The van der Waals surface area contributed by atoms with Crippen LogP contribution in [0.15, 0.2) is 69.1 Å². The van der Waals surface area contributed by atoms with Crippen molar-refractivity contribution in [1.82, 2.24) is 13.9 Å². The summed E-state index contributed by atoms with van der Waals surface area (Å²) in [6, 6.07) is 14.4. The van der Waals surface area contributed by atoms with E-state index < -0.39 is 33.7 Å². The molecule has 0 aliphatic rings. The molecule has 3 aromatic rings. The van der Waals surface area contributed by atoms with Gasteiger partial charge in [-0.1, -0.05) is 41.9 Å². The molecule has 0 saturated heterocycles. The summed E-state index contributed by atoms with van der Waals surface area (Å²) in [6.07, 6.45) is 0. The van der Waals surface area contributed by atoms with Gasteiger partial charge in [0, 0.05) is 19.1 Å². The standard InChI is InChI=1S/C21H22ClN5O5S/c1-25(33(31,32)16-10-8-15(22)9-11-16)13-17(28)26(2)18-19(23)27(21(30)24-20(18)29)12-14-6-4-3-5-7-14/h3-11H,12-13,23H2,1-2H3,(H,24,29,30). The van der Waals surface area contributed by atoms with Crippen molar-refractivity contribution in [1.29, 1.82) is 0 Å². The van der Waals surface area contributed by atoms with E-state index in [0.717, 1.165) is 19.3 Å². The highest BCUT2D eigenvalue weighted by molar-refractivity contribution is 7.89. The zero-order valence-electron chi connectivity index (χ0n) is 17.9. The summed E-state index contributed by atoms with van der Waals surface area (Å²) < 4.78 is 27.5. The molecule has 10 nitrogen and oxygen atoms in total. The van der Waals surface area contributed by atoms with Gasteiger partial charge >= 0.3 is 5.69 Å². The molecule has 0 aliphatic heterocycles. The lowest BCUT2D eigenvalue weighted by molar-refractivity contribution is -0.118. The maximum Gasteiger partial charge on any atom is 0.330 e. The fourth-order valence-electron chi connectivity index (χ4n) is 3.12. The lowest BCUT2D eigenvalue weighted by atomic mass is 10.2. The van der Waals surface area contributed by atoms with E-state index in [1.165, 1.54) is 38.4 Å². The van der Waals surface area contributed by atoms with Gasteiger partial charge in [0.2, 0.25) is 15.9 Å². The van der Waals surface area contributed by atoms with E-state index in [0.29, 0.717) is 5.02 Å². The third-order valence-electron chi connectivity index (χ3n) is 4.99. The smallest absolute Gasteiger partial charge is 0.330 e. The molecule has 0 saturated carbocycles. The van der Waals surface area contributed by atoms with E-state index in [2.05, 4.69) is 4.98 Å². The van der Waals surface area contributed by atoms with Gasteiger partial charge in [-0.15, -0.1) is 0 Å². The molecule has 174 valence electrons. The molecule has 0 unspecified atom stereocenters. The lowest BCUT2D eigenvalue weighted by Crippen LogP contribution is -2.43. The first-order valence-electron chi connectivity index (χ1n) is 9.67. The Morgan fingerprint density at radius 1 is 1.06 bits per heavy atom. The molecule has 0 aliphatic carbocycles. The van der Waals surface area contributed by atoms with Crippen LogP contribution >= 0.6 is 11.6 Å². The minimum Gasteiger partial charge on any atom is -0.383 e. The van der Waals surface area contributed by atoms with Crippen molar-refractivity contribution in [3.05, 3.63) is 86.0 Å². The Hall–Kier alpha value is -3.41. The highest BCUT2D eigenvalue weighted by atomic mass is 35.5. The lowest BCUT2D eigenvalue weighted by Gasteiger charge is -2.23. The Kier molecular flexibility index (Phi) is 7.06. The van der Waals surface area contributed by atoms with Crippen LogP contribution in [0.3, 0.4) is 0 Å². The first-order chi connectivity index (χ1) is 15.5. The molecule has 3 N–H and O–H groups in total. The number of carbonyl (C=O) groups excluding carboxylic acids is 1. The normalized spacial score (nSPS) is 11.5. The van der Waals surface area contributed by atoms with E-state index in [1.54, 1.807) is 24.3 Å². The first kappa shape index (κ1) is 24.2. The SMILES string of the molecule is CN(C(=O)CN(C)S(=O)(=O)c1ccc(Cl)cc1)c1c(N)n(Cc2ccccc2)c(=O)[nH]c1=O. The second-order valence-corrected chi connectivity index (χ2v) is 9.71. The van der Waals surface area contributed by atoms with Gasteiger partial charge in [0.25, 0.3) is 5.56 Å². The number of halogens is 1. The summed E-state index contributed by atoms with van der Waals surface area (Å²) in [5.74, 6) is -0.941. The number of nitrogens with two attached hydrogens (primary N) is 1. The second kappa shape index (κ2) is 9.61. The van der Waals surface area contributed by atoms with Crippen LogP contribution in [0.1, 0.15) is 5.56 Å². The molecule has 33 heavy (non-hydrogen) atoms. The van der Waals surface area contributed by atoms with Gasteiger partial charge in [0.1, 0.15) is 5.82 Å². The van der Waals surface area contributed by atoms with Gasteiger partial charge in [-0.05, 0) is 29.8 Å². The highest BCUT2D eigenvalue weighted by Crippen LogP contribution is 2.19. The molecule has 0 fully saturated rings. The molecule has 2 aromatic carbocycles. The van der Waals surface area contributed by atoms with Gasteiger partial charge in [0.05, 0.1) is 18.0 Å². The van der Waals surface area contributed by atoms with E-state index in [4.69, 9.17) is 17.3 Å². The molecule has 1 heterocycles. The third-order valence-corrected chi connectivity index (χ3v) is 7.06. The third kappa shape index (κ3) is 5.16. The van der Waals surface area contributed by atoms with Crippen LogP contribution in [0, 0.1) is 0 Å². The number of aromatic nitrogens is 2. The Morgan fingerprint density at radius 2 is 1.67 bits per heavy atom. The van der Waals surface area contributed by atoms with Gasteiger partial charge in [-0.2, -0.15) is 4.31 Å². The largest absolute Gasteiger partial charge is 0.383 e. The Labute approximate surface area is 194 Å². The molecule has 1 amide bonds. The van der Waals surface area contributed by atoms with Crippen molar-refractivity contribution in [3.63, 3.8) is 0 Å². The number of hydrogen-bond donors (Lipinski definition) is 2. The molecule has 3 rings (SSSR count). The number of amides is 1. The van der Waals surface area contributed by atoms with Crippen LogP contribution in [0.5, 0.6) is 0 Å². The zero-order valence-corrected chi connectivity index (χ0v) is 19.4. The zero-order chi connectivity index (χ0) is 24.3. The number of carbonyl (C=O) groups is 1. The van der Waals surface area contributed by atoms with Crippen LogP contribution in [0.2, 0.25) is 5.02 Å². The number of nitrogens with one attached hydrogen (secondary N) is 1. The average Bonchev–Trinajstić information content (AvgIpc) is 2.77. The molecule has 1 aromatic heterocycles. The van der Waals surface area contributed by atoms with Crippen molar-refractivity contribution in [2.75, 3.05) is 31.3 Å². The van der Waals surface area contributed by atoms with Crippen molar-refractivity contribution in [3.8, 4) is 0 Å². The molecule has 0 spiro atoms. The number of H-pyrrole nitrogens is 1. The summed E-state index contributed by atoms with van der Waals surface area (Å²) in [6.45, 7) is -0.500. The van der Waals surface area contributed by atoms with Crippen molar-refractivity contribution >= 4 is 39.0 Å². The molecule has 0 radical (unpaired) electrons. The summed E-state index contributed by atoms with van der Waals surface area (Å²) in [5.41, 5.74) is 5.01. The molecular weight excluding hydrogens is 470 g/mol. The monoisotopic (exact) mass is 491 g/mol. The Morgan fingerprint density at radius 3 is 2.27 bits per heavy atom. The molecular formula is C21H22ClN5O5S. The van der Waals surface area contributed by atoms with Gasteiger partial charge in [0.15, 0.2) is 5.69 Å². The van der Waals surface area contributed by atoms with Crippen LogP contribution in [-0.2, 0) is 21.4 Å². The number of hydrogen-bond acceptors (Lipinski definition) is 6. The highest BCUT2D eigenvalue weighted by Gasteiger charge is 2.27. The van der Waals surface area contributed by atoms with Crippen LogP contribution in [0.25, 0.3) is 0 Å². The number of likely N-dealkylation sites (N-methyl/N-ethyl adjacent to an activating group) is 2. The second-order valence-electron chi connectivity index (χ2n) is 7.23. The van der Waals surface area contributed by atoms with Gasteiger partial charge < -0.3 is 10.6 Å². The number of nitrogen functional groups attached to an aromatic ring is 1. The topological polar surface area (TPSA) is 139 Å². The predicted molar refractivity (Wildman–Crippen MR) is 126 cm³/mol. The molecule has 12 heteroatoms. The summed E-state index contributed by atoms with van der Waals surface area (Å²) in [7, 11) is -1.47. The van der Waals surface area contributed by atoms with E-state index in [9.17, 15) is 22.8 Å². The Bertz CT molecular complexity index is 1390. The number of anilines is 2. The van der Waals surface area contributed by atoms with Crippen LogP contribution < -0.4 is 21.9 Å². The fourth-order valence-corrected chi connectivity index (χ4v) is 4.36. The quantitative estimate of drug-likeness (QED) is 0.507. The number of rotatable bonds is 7. The molecule has 0 bridgehead atoms. The van der Waals surface area contributed by atoms with Crippen molar-refractivity contribution < 1.29 is 13.2 Å². The maximum atomic E-state index is 12.8. The van der Waals surface area contributed by atoms with Crippen LogP contribution in [0.4, 0.5) is 11.5 Å². The number of sulfonamides is 1. The summed E-state index contributed by atoms with van der Waals surface area (Å²) in [5, 5.41) is 0.368. The number of benzene rings is 2.